The van der Waals surface area contributed by atoms with Crippen LogP contribution >= 0.6 is 0 Å². The average molecular weight is 133 g/mol. The van der Waals surface area contributed by atoms with Gasteiger partial charge >= 0.3 is 0 Å². The molecule has 0 aliphatic heterocycles. The van der Waals surface area contributed by atoms with E-state index in [-0.39, 0.29) is 0 Å². The first-order valence-corrected chi connectivity index (χ1v) is 3.42. The van der Waals surface area contributed by atoms with Crippen LogP contribution in [0.2, 0.25) is 0 Å². The number of nitrogens with zero attached hydrogens (tertiary/aromatic N) is 1. The molecule has 0 radical (unpaired) electrons. The van der Waals surface area contributed by atoms with Gasteiger partial charge in [0.1, 0.15) is 0 Å². The molecule has 0 atom stereocenters. The second-order valence-electron chi connectivity index (χ2n) is 2.18. The standard InChI is InChI=1S/C9H11N/c1-3-8-4-6-9(10-2)7-5-8/h4-7H,2-3H2,1H3. The summed E-state index contributed by atoms with van der Waals surface area (Å²) in [6.07, 6.45) is 1.08. The molecule has 1 rings (SSSR count). The van der Waals surface area contributed by atoms with E-state index < -0.39 is 0 Å². The lowest BCUT2D eigenvalue weighted by atomic mass is 10.2. The van der Waals surface area contributed by atoms with Crippen molar-refractivity contribution in [3.63, 3.8) is 0 Å². The van der Waals surface area contributed by atoms with Crippen molar-refractivity contribution in [2.75, 3.05) is 0 Å². The fraction of sp³-hybridized carbons (Fsp3) is 0.222. The largest absolute Gasteiger partial charge is 0.265 e. The van der Waals surface area contributed by atoms with Crippen LogP contribution in [-0.2, 0) is 6.42 Å². The predicted octanol–water partition coefficient (Wildman–Crippen LogP) is 2.58. The summed E-state index contributed by atoms with van der Waals surface area (Å²) in [7, 11) is 0. The first-order valence-electron chi connectivity index (χ1n) is 3.42. The molecule has 0 aliphatic rings. The first kappa shape index (κ1) is 7.00. The van der Waals surface area contributed by atoms with Crippen molar-refractivity contribution < 1.29 is 0 Å². The molecule has 1 heteroatoms. The van der Waals surface area contributed by atoms with Gasteiger partial charge in [0.15, 0.2) is 0 Å². The van der Waals surface area contributed by atoms with Crippen LogP contribution in [0, 0.1) is 0 Å². The van der Waals surface area contributed by atoms with Gasteiger partial charge in [0.2, 0.25) is 0 Å². The summed E-state index contributed by atoms with van der Waals surface area (Å²) in [6, 6.07) is 8.10. The minimum Gasteiger partial charge on any atom is -0.265 e. The quantitative estimate of drug-likeness (QED) is 0.550. The molecule has 0 aliphatic carbocycles. The molecular weight excluding hydrogens is 122 g/mol. The minimum atomic E-state index is 0.942. The predicted molar refractivity (Wildman–Crippen MR) is 45.0 cm³/mol. The van der Waals surface area contributed by atoms with Crippen LogP contribution in [0.15, 0.2) is 29.3 Å². The first-order chi connectivity index (χ1) is 4.86. The van der Waals surface area contributed by atoms with Gasteiger partial charge in [-0.05, 0) is 30.8 Å². The van der Waals surface area contributed by atoms with Gasteiger partial charge in [0.05, 0.1) is 5.69 Å². The summed E-state index contributed by atoms with van der Waals surface area (Å²) in [6.45, 7) is 5.57. The molecule has 0 unspecified atom stereocenters. The molecule has 0 saturated heterocycles. The average Bonchev–Trinajstić information content (AvgIpc) is 2.05. The molecule has 0 fully saturated rings. The van der Waals surface area contributed by atoms with Crippen LogP contribution in [-0.4, -0.2) is 6.72 Å². The van der Waals surface area contributed by atoms with Gasteiger partial charge in [0, 0.05) is 0 Å². The highest BCUT2D eigenvalue weighted by molar-refractivity contribution is 5.45. The number of hydrogen-bond acceptors (Lipinski definition) is 1. The summed E-state index contributed by atoms with van der Waals surface area (Å²) >= 11 is 0. The van der Waals surface area contributed by atoms with Crippen LogP contribution in [0.1, 0.15) is 12.5 Å². The molecule has 0 saturated carbocycles. The van der Waals surface area contributed by atoms with Crippen LogP contribution in [0.3, 0.4) is 0 Å². The third-order valence-electron chi connectivity index (χ3n) is 1.53. The van der Waals surface area contributed by atoms with E-state index in [1.165, 1.54) is 5.56 Å². The van der Waals surface area contributed by atoms with Crippen molar-refractivity contribution in [3.8, 4) is 0 Å². The molecule has 1 nitrogen and oxygen atoms in total. The Hall–Kier alpha value is -1.11. The lowest BCUT2D eigenvalue weighted by molar-refractivity contribution is 1.14. The number of benzene rings is 1. The molecule has 0 bridgehead atoms. The second kappa shape index (κ2) is 3.16. The molecule has 0 spiro atoms. The summed E-state index contributed by atoms with van der Waals surface area (Å²) in [4.78, 5) is 3.80. The topological polar surface area (TPSA) is 12.4 Å². The third-order valence-corrected chi connectivity index (χ3v) is 1.53. The van der Waals surface area contributed by atoms with Crippen LogP contribution in [0.25, 0.3) is 0 Å². The van der Waals surface area contributed by atoms with E-state index in [4.69, 9.17) is 0 Å². The smallest absolute Gasteiger partial charge is 0.0622 e. The molecule has 0 aromatic heterocycles. The van der Waals surface area contributed by atoms with E-state index in [0.717, 1.165) is 12.1 Å². The molecule has 10 heavy (non-hydrogen) atoms. The van der Waals surface area contributed by atoms with Gasteiger partial charge in [-0.15, -0.1) is 0 Å². The zero-order chi connectivity index (χ0) is 7.40. The fourth-order valence-corrected chi connectivity index (χ4v) is 0.837. The van der Waals surface area contributed by atoms with Crippen molar-refractivity contribution in [1.82, 2.24) is 0 Å². The lowest BCUT2D eigenvalue weighted by Crippen LogP contribution is -1.75. The monoisotopic (exact) mass is 133 g/mol. The van der Waals surface area contributed by atoms with Crippen LogP contribution in [0.5, 0.6) is 0 Å². The van der Waals surface area contributed by atoms with Crippen molar-refractivity contribution in [2.45, 2.75) is 13.3 Å². The lowest BCUT2D eigenvalue weighted by Gasteiger charge is -1.94. The van der Waals surface area contributed by atoms with E-state index in [1.807, 2.05) is 12.1 Å². The highest BCUT2D eigenvalue weighted by atomic mass is 14.7. The number of aliphatic imine (C=N–C) groups is 1. The molecule has 0 heterocycles. The maximum Gasteiger partial charge on any atom is 0.0622 e. The molecule has 1 aromatic rings. The van der Waals surface area contributed by atoms with Crippen LogP contribution in [0.4, 0.5) is 5.69 Å². The highest BCUT2D eigenvalue weighted by Gasteiger charge is 1.87. The summed E-state index contributed by atoms with van der Waals surface area (Å²) < 4.78 is 0. The number of hydrogen-bond donors (Lipinski definition) is 0. The van der Waals surface area contributed by atoms with E-state index >= 15 is 0 Å². The van der Waals surface area contributed by atoms with E-state index in [0.29, 0.717) is 0 Å². The zero-order valence-electron chi connectivity index (χ0n) is 6.17. The maximum absolute atomic E-state index is 3.80. The summed E-state index contributed by atoms with van der Waals surface area (Å²) in [5.41, 5.74) is 2.28. The van der Waals surface area contributed by atoms with Gasteiger partial charge in [-0.2, -0.15) is 0 Å². The van der Waals surface area contributed by atoms with Gasteiger partial charge in [0.25, 0.3) is 0 Å². The third kappa shape index (κ3) is 1.44. The van der Waals surface area contributed by atoms with Crippen molar-refractivity contribution in [2.24, 2.45) is 4.99 Å². The Morgan fingerprint density at radius 1 is 1.30 bits per heavy atom. The Morgan fingerprint density at radius 3 is 2.30 bits per heavy atom. The van der Waals surface area contributed by atoms with E-state index in [2.05, 4.69) is 30.8 Å². The van der Waals surface area contributed by atoms with Crippen molar-refractivity contribution >= 4 is 12.4 Å². The zero-order valence-corrected chi connectivity index (χ0v) is 6.17. The molecule has 52 valence electrons. The molecular formula is C9H11N. The van der Waals surface area contributed by atoms with Gasteiger partial charge in [-0.1, -0.05) is 19.1 Å². The Kier molecular flexibility index (Phi) is 2.21. The summed E-state index contributed by atoms with van der Waals surface area (Å²) in [5, 5.41) is 0. The van der Waals surface area contributed by atoms with Crippen molar-refractivity contribution in [1.29, 1.82) is 0 Å². The van der Waals surface area contributed by atoms with Gasteiger partial charge in [-0.3, -0.25) is 4.99 Å². The minimum absolute atomic E-state index is 0.942. The van der Waals surface area contributed by atoms with Crippen LogP contribution < -0.4 is 0 Å². The molecule has 1 aromatic carbocycles. The number of aryl methyl sites for hydroxylation is 1. The summed E-state index contributed by atoms with van der Waals surface area (Å²) in [5.74, 6) is 0. The van der Waals surface area contributed by atoms with Crippen molar-refractivity contribution in [3.05, 3.63) is 29.8 Å². The normalized spacial score (nSPS) is 9.30. The number of rotatable bonds is 2. The Labute approximate surface area is 61.4 Å². The molecule has 0 N–H and O–H groups in total. The molecule has 0 amide bonds. The Balaban J connectivity index is 2.90. The fourth-order valence-electron chi connectivity index (χ4n) is 0.837. The van der Waals surface area contributed by atoms with E-state index in [1.54, 1.807) is 0 Å². The second-order valence-corrected chi connectivity index (χ2v) is 2.18. The SMILES string of the molecule is C=Nc1ccc(CC)cc1. The van der Waals surface area contributed by atoms with E-state index in [9.17, 15) is 0 Å². The Bertz CT molecular complexity index is 211. The highest BCUT2D eigenvalue weighted by Crippen LogP contribution is 2.11. The maximum atomic E-state index is 3.80. The Morgan fingerprint density at radius 2 is 1.90 bits per heavy atom. The van der Waals surface area contributed by atoms with Gasteiger partial charge < -0.3 is 0 Å². The van der Waals surface area contributed by atoms with Gasteiger partial charge in [-0.25, -0.2) is 0 Å².